The Hall–Kier alpha value is -1.23. The van der Waals surface area contributed by atoms with Gasteiger partial charge < -0.3 is 14.4 Å². The molecule has 8 nitrogen and oxygen atoms in total. The zero-order valence-corrected chi connectivity index (χ0v) is 22.5. The van der Waals surface area contributed by atoms with Gasteiger partial charge >= 0.3 is 0 Å². The molecule has 0 atom stereocenters. The Morgan fingerprint density at radius 1 is 0.972 bits per heavy atom. The predicted molar refractivity (Wildman–Crippen MR) is 135 cm³/mol. The van der Waals surface area contributed by atoms with Crippen molar-refractivity contribution in [1.29, 1.82) is 0 Å². The van der Waals surface area contributed by atoms with E-state index in [9.17, 15) is 8.42 Å². The molecule has 2 spiro atoms. The zero-order chi connectivity index (χ0) is 25.6. The summed E-state index contributed by atoms with van der Waals surface area (Å²) >= 11 is 0. The monoisotopic (exact) mass is 523 g/mol. The van der Waals surface area contributed by atoms with E-state index >= 15 is 0 Å². The van der Waals surface area contributed by atoms with E-state index < -0.39 is 21.7 Å². The molecule has 5 aliphatic carbocycles. The third-order valence-electron chi connectivity index (χ3n) is 8.85. The molecule has 6 aliphatic rings. The van der Waals surface area contributed by atoms with E-state index in [4.69, 9.17) is 23.8 Å². The lowest BCUT2D eigenvalue weighted by Crippen LogP contribution is -2.59. The second-order valence-electron chi connectivity index (χ2n) is 11.9. The van der Waals surface area contributed by atoms with Crippen LogP contribution in [0, 0.1) is 23.7 Å². The van der Waals surface area contributed by atoms with Crippen LogP contribution in [0.5, 0.6) is 5.75 Å². The number of benzene rings is 1. The second kappa shape index (κ2) is 10.2. The van der Waals surface area contributed by atoms with Gasteiger partial charge in [-0.25, -0.2) is 0 Å². The van der Waals surface area contributed by atoms with Gasteiger partial charge in [-0.05, 0) is 94.5 Å². The molecule has 1 heterocycles. The van der Waals surface area contributed by atoms with Crippen LogP contribution >= 0.6 is 0 Å². The van der Waals surface area contributed by atoms with Crippen molar-refractivity contribution < 1.29 is 32.2 Å². The van der Waals surface area contributed by atoms with Crippen LogP contribution in [-0.4, -0.2) is 62.9 Å². The van der Waals surface area contributed by atoms with Crippen LogP contribution in [0.25, 0.3) is 0 Å². The van der Waals surface area contributed by atoms with Crippen LogP contribution in [0.2, 0.25) is 0 Å². The molecule has 1 aliphatic heterocycles. The van der Waals surface area contributed by atoms with Gasteiger partial charge in [0.1, 0.15) is 12.4 Å². The minimum absolute atomic E-state index is 0.439. The molecule has 9 heteroatoms. The van der Waals surface area contributed by atoms with Gasteiger partial charge in [0.2, 0.25) is 11.6 Å². The van der Waals surface area contributed by atoms with Gasteiger partial charge in [0.25, 0.3) is 10.1 Å². The molecule has 6 fully saturated rings. The van der Waals surface area contributed by atoms with Gasteiger partial charge in [0.05, 0.1) is 6.26 Å². The van der Waals surface area contributed by atoms with E-state index in [2.05, 4.69) is 43.3 Å². The highest BCUT2D eigenvalue weighted by Gasteiger charge is 2.66. The lowest BCUT2D eigenvalue weighted by atomic mass is 9.53. The van der Waals surface area contributed by atoms with Crippen molar-refractivity contribution in [2.75, 3.05) is 33.5 Å². The van der Waals surface area contributed by atoms with Gasteiger partial charge in [-0.2, -0.15) is 18.2 Å². The van der Waals surface area contributed by atoms with Crippen LogP contribution in [0.4, 0.5) is 0 Å². The largest absolute Gasteiger partial charge is 0.492 e. The fourth-order valence-electron chi connectivity index (χ4n) is 7.37. The molecular formula is C27H41NO7S. The topological polar surface area (TPSA) is 94.5 Å². The Balaban J connectivity index is 0.000000489. The summed E-state index contributed by atoms with van der Waals surface area (Å²) in [6.45, 7) is 1.65. The maximum atomic E-state index is 9.19. The molecule has 0 radical (unpaired) electrons. The van der Waals surface area contributed by atoms with Crippen LogP contribution in [0.15, 0.2) is 24.3 Å². The van der Waals surface area contributed by atoms with Gasteiger partial charge in [-0.1, -0.05) is 12.1 Å². The fourth-order valence-corrected chi connectivity index (χ4v) is 7.37. The first kappa shape index (κ1) is 26.4. The van der Waals surface area contributed by atoms with E-state index in [0.717, 1.165) is 56.4 Å². The van der Waals surface area contributed by atoms with Crippen LogP contribution in [0.1, 0.15) is 69.3 Å². The standard InChI is InChI=1S/C26H37NO4.CH4O3S/c1-27(2)11-12-28-24-5-3-20(4-6-24)21-7-9-25(10-8-21)29-26(31-30-25)22-14-18-13-19(16-22)17-23(26)15-18;1-5(2,3)4/h3-6,18-19,21-23H,7-17H2,1-2H3;1H3,(H,2,3,4). The smallest absolute Gasteiger partial charge is 0.261 e. The summed E-state index contributed by atoms with van der Waals surface area (Å²) in [7, 11) is 0.464. The average molecular weight is 524 g/mol. The molecule has 1 saturated heterocycles. The van der Waals surface area contributed by atoms with E-state index in [1.54, 1.807) is 0 Å². The number of nitrogens with zero attached hydrogens (tertiary/aromatic N) is 1. The van der Waals surface area contributed by atoms with E-state index in [1.807, 2.05) is 0 Å². The molecule has 7 rings (SSSR count). The molecule has 1 aromatic carbocycles. The van der Waals surface area contributed by atoms with Crippen molar-refractivity contribution in [3.63, 3.8) is 0 Å². The maximum Gasteiger partial charge on any atom is 0.261 e. The zero-order valence-electron chi connectivity index (χ0n) is 21.7. The molecule has 5 saturated carbocycles. The Morgan fingerprint density at radius 2 is 1.53 bits per heavy atom. The first-order valence-corrected chi connectivity index (χ1v) is 15.3. The van der Waals surface area contributed by atoms with Crippen LogP contribution in [-0.2, 0) is 24.6 Å². The second-order valence-corrected chi connectivity index (χ2v) is 13.4. The van der Waals surface area contributed by atoms with Crippen molar-refractivity contribution in [1.82, 2.24) is 4.90 Å². The summed E-state index contributed by atoms with van der Waals surface area (Å²) in [6.07, 6.45) is 11.3. The number of likely N-dealkylation sites (N-methyl/N-ethyl adjacent to an activating group) is 1. The SMILES string of the molecule is CN(C)CCOc1ccc(C2CCC3(CC2)OOC2(O3)C3CC4CC(C3)CC2C4)cc1.CS(=O)(=O)O. The Bertz CT molecular complexity index is 965. The van der Waals surface area contributed by atoms with Crippen LogP contribution in [0.3, 0.4) is 0 Å². The summed E-state index contributed by atoms with van der Waals surface area (Å²) < 4.78 is 38.6. The lowest BCUT2D eigenvalue weighted by molar-refractivity contribution is -0.390. The number of rotatable bonds is 5. The molecule has 0 aromatic heterocycles. The predicted octanol–water partition coefficient (Wildman–Crippen LogP) is 4.62. The highest BCUT2D eigenvalue weighted by molar-refractivity contribution is 7.85. The Kier molecular flexibility index (Phi) is 7.44. The number of hydrogen-bond acceptors (Lipinski definition) is 7. The van der Waals surface area contributed by atoms with Gasteiger partial charge in [0.15, 0.2) is 0 Å². The minimum Gasteiger partial charge on any atom is -0.492 e. The number of ether oxygens (including phenoxy) is 2. The summed E-state index contributed by atoms with van der Waals surface area (Å²) in [4.78, 5) is 14.4. The van der Waals surface area contributed by atoms with E-state index in [0.29, 0.717) is 24.0 Å². The average Bonchev–Trinajstić information content (AvgIpc) is 3.17. The molecule has 1 aromatic rings. The Labute approximate surface area is 215 Å². The summed E-state index contributed by atoms with van der Waals surface area (Å²) in [5.74, 6) is 3.46. The normalized spacial score (nSPS) is 39.0. The molecule has 202 valence electrons. The lowest BCUT2D eigenvalue weighted by Gasteiger charge is -2.57. The molecule has 0 amide bonds. The van der Waals surface area contributed by atoms with Crippen LogP contribution < -0.4 is 4.74 Å². The van der Waals surface area contributed by atoms with Crippen molar-refractivity contribution >= 4 is 10.1 Å². The van der Waals surface area contributed by atoms with Crippen molar-refractivity contribution in [3.8, 4) is 5.75 Å². The van der Waals surface area contributed by atoms with Crippen molar-refractivity contribution in [2.45, 2.75) is 75.3 Å². The molecule has 36 heavy (non-hydrogen) atoms. The third kappa shape index (κ3) is 5.76. The van der Waals surface area contributed by atoms with Crippen molar-refractivity contribution in [3.05, 3.63) is 29.8 Å². The van der Waals surface area contributed by atoms with Crippen molar-refractivity contribution in [2.24, 2.45) is 23.7 Å². The Morgan fingerprint density at radius 3 is 2.06 bits per heavy atom. The highest BCUT2D eigenvalue weighted by Crippen LogP contribution is 2.64. The summed E-state index contributed by atoms with van der Waals surface area (Å²) in [6, 6.07) is 8.70. The molecule has 1 N–H and O–H groups in total. The summed E-state index contributed by atoms with van der Waals surface area (Å²) in [5.41, 5.74) is 1.40. The van der Waals surface area contributed by atoms with E-state index in [1.165, 1.54) is 37.7 Å². The summed E-state index contributed by atoms with van der Waals surface area (Å²) in [5, 5.41) is 0. The minimum atomic E-state index is -3.67. The molecule has 4 bridgehead atoms. The van der Waals surface area contributed by atoms with Gasteiger partial charge in [-0.3, -0.25) is 4.55 Å². The third-order valence-corrected chi connectivity index (χ3v) is 8.85. The van der Waals surface area contributed by atoms with E-state index in [-0.39, 0.29) is 0 Å². The maximum absolute atomic E-state index is 9.19. The first-order valence-electron chi connectivity index (χ1n) is 13.4. The molecule has 0 unspecified atom stereocenters. The van der Waals surface area contributed by atoms with Gasteiger partial charge in [-0.15, -0.1) is 0 Å². The quantitative estimate of drug-likeness (QED) is 0.442. The first-order chi connectivity index (χ1) is 17.0. The molecular weight excluding hydrogens is 482 g/mol. The highest BCUT2D eigenvalue weighted by atomic mass is 32.2. The van der Waals surface area contributed by atoms with Gasteiger partial charge in [0, 0.05) is 31.2 Å². The number of hydrogen-bond donors (Lipinski definition) is 1. The fraction of sp³-hybridized carbons (Fsp3) is 0.778.